The molecule has 2 rings (SSSR count). The zero-order valence-corrected chi connectivity index (χ0v) is 11.4. The van der Waals surface area contributed by atoms with Crippen LogP contribution in [0.1, 0.15) is 12.5 Å². The Hall–Kier alpha value is -2.16. The second-order valence-corrected chi connectivity index (χ2v) is 4.66. The van der Waals surface area contributed by atoms with Crippen molar-refractivity contribution in [2.24, 2.45) is 0 Å². The third-order valence-electron chi connectivity index (χ3n) is 3.07. The van der Waals surface area contributed by atoms with Crippen LogP contribution >= 0.6 is 0 Å². The van der Waals surface area contributed by atoms with Crippen molar-refractivity contribution in [3.63, 3.8) is 0 Å². The van der Waals surface area contributed by atoms with Crippen LogP contribution in [-0.4, -0.2) is 13.2 Å². The number of methoxy groups -OCH3 is 1. The molecule has 0 aromatic heterocycles. The average molecular weight is 256 g/mol. The minimum atomic E-state index is 0.303. The van der Waals surface area contributed by atoms with Gasteiger partial charge in [0.25, 0.3) is 0 Å². The molecule has 100 valence electrons. The molecule has 0 aliphatic carbocycles. The predicted octanol–water partition coefficient (Wildman–Crippen LogP) is 3.32. The van der Waals surface area contributed by atoms with Gasteiger partial charge < -0.3 is 15.8 Å². The molecular weight excluding hydrogens is 236 g/mol. The van der Waals surface area contributed by atoms with E-state index in [1.165, 1.54) is 5.56 Å². The van der Waals surface area contributed by atoms with Gasteiger partial charge in [-0.25, -0.2) is 0 Å². The second kappa shape index (κ2) is 6.14. The van der Waals surface area contributed by atoms with Crippen LogP contribution in [0.25, 0.3) is 0 Å². The first-order valence-electron chi connectivity index (χ1n) is 6.43. The van der Waals surface area contributed by atoms with Crippen LogP contribution < -0.4 is 15.8 Å². The van der Waals surface area contributed by atoms with Crippen molar-refractivity contribution in [2.75, 3.05) is 18.2 Å². The van der Waals surface area contributed by atoms with Crippen LogP contribution in [0.2, 0.25) is 0 Å². The molecule has 0 fully saturated rings. The molecule has 0 aliphatic heterocycles. The Kier molecular flexibility index (Phi) is 4.29. The van der Waals surface area contributed by atoms with Gasteiger partial charge in [0.05, 0.1) is 18.5 Å². The predicted molar refractivity (Wildman–Crippen MR) is 80.6 cm³/mol. The van der Waals surface area contributed by atoms with E-state index < -0.39 is 0 Å². The van der Waals surface area contributed by atoms with Gasteiger partial charge in [0.1, 0.15) is 5.75 Å². The van der Waals surface area contributed by atoms with Gasteiger partial charge in [-0.15, -0.1) is 0 Å². The highest BCUT2D eigenvalue weighted by Crippen LogP contribution is 2.29. The van der Waals surface area contributed by atoms with Gasteiger partial charge in [-0.3, -0.25) is 0 Å². The quantitative estimate of drug-likeness (QED) is 0.807. The monoisotopic (exact) mass is 256 g/mol. The standard InChI is InChI=1S/C16H20N2O/c1-12(11-13-7-4-3-5-8-13)18-14-9-6-10-15(19-2)16(14)17/h3-10,12,18H,11,17H2,1-2H3. The summed E-state index contributed by atoms with van der Waals surface area (Å²) < 4.78 is 5.22. The maximum atomic E-state index is 6.05. The summed E-state index contributed by atoms with van der Waals surface area (Å²) in [4.78, 5) is 0. The molecule has 0 amide bonds. The summed E-state index contributed by atoms with van der Waals surface area (Å²) in [5.74, 6) is 0.705. The van der Waals surface area contributed by atoms with Gasteiger partial charge >= 0.3 is 0 Å². The number of rotatable bonds is 5. The van der Waals surface area contributed by atoms with Gasteiger partial charge in [0.2, 0.25) is 0 Å². The fourth-order valence-electron chi connectivity index (χ4n) is 2.13. The minimum Gasteiger partial charge on any atom is -0.495 e. The molecule has 2 aromatic carbocycles. The SMILES string of the molecule is COc1cccc(NC(C)Cc2ccccc2)c1N. The van der Waals surface area contributed by atoms with Crippen molar-refractivity contribution in [3.8, 4) is 5.75 Å². The number of hydrogen-bond acceptors (Lipinski definition) is 3. The molecule has 2 aromatic rings. The first-order valence-corrected chi connectivity index (χ1v) is 6.43. The van der Waals surface area contributed by atoms with Crippen molar-refractivity contribution < 1.29 is 4.74 Å². The fourth-order valence-corrected chi connectivity index (χ4v) is 2.13. The van der Waals surface area contributed by atoms with Crippen molar-refractivity contribution in [3.05, 3.63) is 54.1 Å². The molecule has 0 heterocycles. The lowest BCUT2D eigenvalue weighted by Gasteiger charge is -2.18. The van der Waals surface area contributed by atoms with Gasteiger partial charge in [-0.1, -0.05) is 36.4 Å². The summed E-state index contributed by atoms with van der Waals surface area (Å²) >= 11 is 0. The number of benzene rings is 2. The van der Waals surface area contributed by atoms with E-state index in [-0.39, 0.29) is 0 Å². The number of nitrogens with two attached hydrogens (primary N) is 1. The maximum absolute atomic E-state index is 6.05. The Morgan fingerprint density at radius 2 is 1.84 bits per heavy atom. The Bertz CT molecular complexity index is 526. The third-order valence-corrected chi connectivity index (χ3v) is 3.07. The molecule has 0 saturated heterocycles. The molecule has 0 saturated carbocycles. The summed E-state index contributed by atoms with van der Waals surface area (Å²) in [5.41, 5.74) is 8.93. The molecular formula is C16H20N2O. The van der Waals surface area contributed by atoms with Crippen LogP contribution in [0.5, 0.6) is 5.75 Å². The normalized spacial score (nSPS) is 11.9. The number of nitrogens with one attached hydrogen (secondary N) is 1. The minimum absolute atomic E-state index is 0.303. The summed E-state index contributed by atoms with van der Waals surface area (Å²) in [6.45, 7) is 2.14. The van der Waals surface area contributed by atoms with E-state index in [0.717, 1.165) is 12.1 Å². The lowest BCUT2D eigenvalue weighted by molar-refractivity contribution is 0.417. The topological polar surface area (TPSA) is 47.3 Å². The van der Waals surface area contributed by atoms with Crippen molar-refractivity contribution in [1.29, 1.82) is 0 Å². The van der Waals surface area contributed by atoms with Crippen LogP contribution in [-0.2, 0) is 6.42 Å². The maximum Gasteiger partial charge on any atom is 0.143 e. The third kappa shape index (κ3) is 3.41. The van der Waals surface area contributed by atoms with Gasteiger partial charge in [-0.05, 0) is 31.0 Å². The highest BCUT2D eigenvalue weighted by atomic mass is 16.5. The Balaban J connectivity index is 2.05. The van der Waals surface area contributed by atoms with Crippen LogP contribution in [0.15, 0.2) is 48.5 Å². The van der Waals surface area contributed by atoms with E-state index in [1.54, 1.807) is 7.11 Å². The molecule has 3 N–H and O–H groups in total. The highest BCUT2D eigenvalue weighted by Gasteiger charge is 2.08. The van der Waals surface area contributed by atoms with Gasteiger partial charge in [0.15, 0.2) is 0 Å². The van der Waals surface area contributed by atoms with E-state index in [1.807, 2.05) is 24.3 Å². The van der Waals surface area contributed by atoms with Crippen molar-refractivity contribution in [2.45, 2.75) is 19.4 Å². The van der Waals surface area contributed by atoms with Crippen LogP contribution in [0.3, 0.4) is 0 Å². The van der Waals surface area contributed by atoms with E-state index in [9.17, 15) is 0 Å². The Morgan fingerprint density at radius 1 is 1.11 bits per heavy atom. The van der Waals surface area contributed by atoms with Gasteiger partial charge in [0, 0.05) is 6.04 Å². The van der Waals surface area contributed by atoms with Crippen molar-refractivity contribution in [1.82, 2.24) is 0 Å². The lowest BCUT2D eigenvalue weighted by atomic mass is 10.1. The zero-order valence-electron chi connectivity index (χ0n) is 11.4. The first kappa shape index (κ1) is 13.3. The average Bonchev–Trinajstić information content (AvgIpc) is 2.42. The number of hydrogen-bond donors (Lipinski definition) is 2. The highest BCUT2D eigenvalue weighted by molar-refractivity contribution is 5.73. The summed E-state index contributed by atoms with van der Waals surface area (Å²) in [6, 6.07) is 16.5. The number of nitrogen functional groups attached to an aromatic ring is 1. The van der Waals surface area contributed by atoms with E-state index in [4.69, 9.17) is 10.5 Å². The molecule has 3 heteroatoms. The molecule has 0 bridgehead atoms. The lowest BCUT2D eigenvalue weighted by Crippen LogP contribution is -2.19. The van der Waals surface area contributed by atoms with E-state index >= 15 is 0 Å². The molecule has 0 spiro atoms. The first-order chi connectivity index (χ1) is 9.20. The number of ether oxygens (including phenoxy) is 1. The summed E-state index contributed by atoms with van der Waals surface area (Å²) in [5, 5.41) is 3.43. The van der Waals surface area contributed by atoms with Gasteiger partial charge in [-0.2, -0.15) is 0 Å². The molecule has 1 atom stereocenters. The van der Waals surface area contributed by atoms with Crippen LogP contribution in [0, 0.1) is 0 Å². The molecule has 19 heavy (non-hydrogen) atoms. The van der Waals surface area contributed by atoms with Crippen molar-refractivity contribution >= 4 is 11.4 Å². The summed E-state index contributed by atoms with van der Waals surface area (Å²) in [6.07, 6.45) is 0.956. The molecule has 0 radical (unpaired) electrons. The largest absolute Gasteiger partial charge is 0.495 e. The fraction of sp³-hybridized carbons (Fsp3) is 0.250. The Labute approximate surface area is 114 Å². The van der Waals surface area contributed by atoms with E-state index in [0.29, 0.717) is 17.5 Å². The summed E-state index contributed by atoms with van der Waals surface area (Å²) in [7, 11) is 1.63. The number of anilines is 2. The smallest absolute Gasteiger partial charge is 0.143 e. The van der Waals surface area contributed by atoms with E-state index in [2.05, 4.69) is 36.5 Å². The molecule has 0 aliphatic rings. The number of para-hydroxylation sites is 1. The second-order valence-electron chi connectivity index (χ2n) is 4.66. The van der Waals surface area contributed by atoms with Crippen LogP contribution in [0.4, 0.5) is 11.4 Å². The Morgan fingerprint density at radius 3 is 2.53 bits per heavy atom. The molecule has 3 nitrogen and oxygen atoms in total. The molecule has 1 unspecified atom stereocenters. The zero-order chi connectivity index (χ0) is 13.7.